The Hall–Kier alpha value is -0.450. The predicted molar refractivity (Wildman–Crippen MR) is 75.1 cm³/mol. The van der Waals surface area contributed by atoms with Crippen LogP contribution in [0.3, 0.4) is 0 Å². The Labute approximate surface area is 126 Å². The molecule has 2 N–H and O–H groups in total. The second kappa shape index (κ2) is 5.74. The maximum atomic E-state index is 12.7. The summed E-state index contributed by atoms with van der Waals surface area (Å²) in [6, 6.07) is 5.27. The van der Waals surface area contributed by atoms with Crippen molar-refractivity contribution in [3.05, 3.63) is 33.8 Å². The highest BCUT2D eigenvalue weighted by Gasteiger charge is 2.44. The van der Waals surface area contributed by atoms with Gasteiger partial charge in [0.15, 0.2) is 0 Å². The average molecular weight is 326 g/mol. The lowest BCUT2D eigenvalue weighted by molar-refractivity contribution is -0.184. The van der Waals surface area contributed by atoms with Crippen LogP contribution < -0.4 is 5.73 Å². The van der Waals surface area contributed by atoms with Gasteiger partial charge in [0.1, 0.15) is 0 Å². The zero-order valence-corrected chi connectivity index (χ0v) is 12.3. The molecular weight excluding hydrogens is 310 g/mol. The summed E-state index contributed by atoms with van der Waals surface area (Å²) in [5.74, 6) is -1.23. The van der Waals surface area contributed by atoms with Crippen LogP contribution in [0.2, 0.25) is 10.0 Å². The van der Waals surface area contributed by atoms with E-state index in [0.717, 1.165) is 5.56 Å². The Kier molecular flexibility index (Phi) is 4.57. The molecule has 1 nitrogen and oxygen atoms in total. The van der Waals surface area contributed by atoms with Gasteiger partial charge >= 0.3 is 6.18 Å². The van der Waals surface area contributed by atoms with Crippen molar-refractivity contribution >= 4 is 23.2 Å². The summed E-state index contributed by atoms with van der Waals surface area (Å²) in [6.07, 6.45) is -2.80. The lowest BCUT2D eigenvalue weighted by Crippen LogP contribution is -2.47. The normalized spacial score (nSPS) is 27.6. The van der Waals surface area contributed by atoms with Gasteiger partial charge < -0.3 is 5.73 Å². The van der Waals surface area contributed by atoms with Gasteiger partial charge in [0, 0.05) is 5.54 Å². The molecule has 0 saturated heterocycles. The second-order valence-electron chi connectivity index (χ2n) is 5.57. The van der Waals surface area contributed by atoms with Crippen LogP contribution in [-0.4, -0.2) is 11.7 Å². The molecular formula is C14H16Cl2F3N. The summed E-state index contributed by atoms with van der Waals surface area (Å²) >= 11 is 12.0. The van der Waals surface area contributed by atoms with Gasteiger partial charge in [0.2, 0.25) is 0 Å². The maximum absolute atomic E-state index is 12.7. The van der Waals surface area contributed by atoms with Crippen LogP contribution in [-0.2, 0) is 6.42 Å². The van der Waals surface area contributed by atoms with E-state index in [0.29, 0.717) is 29.3 Å². The highest BCUT2D eigenvalue weighted by Crippen LogP contribution is 2.42. The van der Waals surface area contributed by atoms with Crippen LogP contribution in [0.4, 0.5) is 13.2 Å². The molecule has 6 heteroatoms. The predicted octanol–water partition coefficient (Wildman–Crippen LogP) is 4.99. The Morgan fingerprint density at radius 3 is 2.35 bits per heavy atom. The van der Waals surface area contributed by atoms with E-state index in [-0.39, 0.29) is 12.8 Å². The minimum Gasteiger partial charge on any atom is -0.325 e. The number of rotatable bonds is 2. The fourth-order valence-corrected chi connectivity index (χ4v) is 3.15. The first kappa shape index (κ1) is 15.9. The van der Waals surface area contributed by atoms with Crippen molar-refractivity contribution in [3.8, 4) is 0 Å². The van der Waals surface area contributed by atoms with Crippen molar-refractivity contribution in [3.63, 3.8) is 0 Å². The van der Waals surface area contributed by atoms with Gasteiger partial charge in [0.05, 0.1) is 16.0 Å². The Morgan fingerprint density at radius 2 is 1.80 bits per heavy atom. The van der Waals surface area contributed by atoms with Crippen LogP contribution in [0.5, 0.6) is 0 Å². The zero-order valence-electron chi connectivity index (χ0n) is 10.8. The van der Waals surface area contributed by atoms with E-state index >= 15 is 0 Å². The summed E-state index contributed by atoms with van der Waals surface area (Å²) in [6.45, 7) is 0. The molecule has 1 aliphatic carbocycles. The molecule has 0 spiro atoms. The van der Waals surface area contributed by atoms with E-state index in [9.17, 15) is 13.2 Å². The summed E-state index contributed by atoms with van der Waals surface area (Å²) in [7, 11) is 0. The number of hydrogen-bond donors (Lipinski definition) is 1. The molecule has 1 saturated carbocycles. The topological polar surface area (TPSA) is 26.0 Å². The molecule has 0 bridgehead atoms. The molecule has 0 radical (unpaired) electrons. The van der Waals surface area contributed by atoms with E-state index in [1.807, 2.05) is 6.07 Å². The van der Waals surface area contributed by atoms with Crippen molar-refractivity contribution in [1.82, 2.24) is 0 Å². The van der Waals surface area contributed by atoms with Gasteiger partial charge in [-0.25, -0.2) is 0 Å². The Balaban J connectivity index is 2.05. The van der Waals surface area contributed by atoms with Crippen LogP contribution in [0.1, 0.15) is 31.2 Å². The van der Waals surface area contributed by atoms with Gasteiger partial charge in [-0.2, -0.15) is 13.2 Å². The lowest BCUT2D eigenvalue weighted by atomic mass is 9.74. The van der Waals surface area contributed by atoms with E-state index in [2.05, 4.69) is 0 Å². The Bertz CT molecular complexity index is 480. The zero-order chi connectivity index (χ0) is 15.0. The summed E-state index contributed by atoms with van der Waals surface area (Å²) in [4.78, 5) is 0. The molecule has 2 rings (SSSR count). The molecule has 0 aliphatic heterocycles. The van der Waals surface area contributed by atoms with E-state index in [1.165, 1.54) is 0 Å². The first-order valence-corrected chi connectivity index (χ1v) is 7.25. The first-order valence-electron chi connectivity index (χ1n) is 6.50. The van der Waals surface area contributed by atoms with E-state index < -0.39 is 17.6 Å². The fraction of sp³-hybridized carbons (Fsp3) is 0.571. The van der Waals surface area contributed by atoms with Crippen molar-refractivity contribution in [1.29, 1.82) is 0 Å². The molecule has 0 atom stereocenters. The highest BCUT2D eigenvalue weighted by atomic mass is 35.5. The number of alkyl halides is 3. The smallest absolute Gasteiger partial charge is 0.325 e. The van der Waals surface area contributed by atoms with E-state index in [4.69, 9.17) is 28.9 Å². The minimum absolute atomic E-state index is 0.0815. The molecule has 0 heterocycles. The monoisotopic (exact) mass is 325 g/mol. The van der Waals surface area contributed by atoms with Gasteiger partial charge in [-0.3, -0.25) is 0 Å². The Morgan fingerprint density at radius 1 is 1.20 bits per heavy atom. The number of halogens is 5. The van der Waals surface area contributed by atoms with Crippen LogP contribution in [0, 0.1) is 5.92 Å². The van der Waals surface area contributed by atoms with Crippen LogP contribution in [0.25, 0.3) is 0 Å². The molecule has 1 aromatic rings. The number of nitrogens with two attached hydrogens (primary N) is 1. The number of benzene rings is 1. The molecule has 1 aliphatic rings. The SMILES string of the molecule is NC1(Cc2cccc(Cl)c2Cl)CCC(C(F)(F)F)CC1. The molecule has 112 valence electrons. The molecule has 20 heavy (non-hydrogen) atoms. The summed E-state index contributed by atoms with van der Waals surface area (Å²) in [5, 5.41) is 0.883. The van der Waals surface area contributed by atoms with Gasteiger partial charge in [-0.05, 0) is 43.7 Å². The van der Waals surface area contributed by atoms with Crippen molar-refractivity contribution in [2.45, 2.75) is 43.8 Å². The largest absolute Gasteiger partial charge is 0.391 e. The second-order valence-corrected chi connectivity index (χ2v) is 6.35. The van der Waals surface area contributed by atoms with Crippen molar-refractivity contribution < 1.29 is 13.2 Å². The van der Waals surface area contributed by atoms with Crippen molar-refractivity contribution in [2.75, 3.05) is 0 Å². The molecule has 0 amide bonds. The summed E-state index contributed by atoms with van der Waals surface area (Å²) < 4.78 is 38.0. The van der Waals surface area contributed by atoms with Crippen LogP contribution in [0.15, 0.2) is 18.2 Å². The average Bonchev–Trinajstić information content (AvgIpc) is 2.34. The van der Waals surface area contributed by atoms with Crippen LogP contribution >= 0.6 is 23.2 Å². The highest BCUT2D eigenvalue weighted by molar-refractivity contribution is 6.42. The third-order valence-electron chi connectivity index (χ3n) is 4.02. The third kappa shape index (κ3) is 3.60. The minimum atomic E-state index is -4.12. The van der Waals surface area contributed by atoms with Gasteiger partial charge in [0.25, 0.3) is 0 Å². The molecule has 0 unspecified atom stereocenters. The molecule has 0 aromatic heterocycles. The van der Waals surface area contributed by atoms with Crippen molar-refractivity contribution in [2.24, 2.45) is 11.7 Å². The molecule has 1 fully saturated rings. The lowest BCUT2D eigenvalue weighted by Gasteiger charge is -2.38. The standard InChI is InChI=1S/C14H16Cl2F3N/c15-11-3-1-2-9(12(11)16)8-13(20)6-4-10(5-7-13)14(17,18)19/h1-3,10H,4-8,20H2. The number of hydrogen-bond acceptors (Lipinski definition) is 1. The van der Waals surface area contributed by atoms with Gasteiger partial charge in [-0.15, -0.1) is 0 Å². The maximum Gasteiger partial charge on any atom is 0.391 e. The summed E-state index contributed by atoms with van der Waals surface area (Å²) in [5.41, 5.74) is 6.42. The van der Waals surface area contributed by atoms with Gasteiger partial charge in [-0.1, -0.05) is 35.3 Å². The first-order chi connectivity index (χ1) is 9.21. The quantitative estimate of drug-likeness (QED) is 0.814. The fourth-order valence-electron chi connectivity index (χ4n) is 2.76. The molecule has 1 aromatic carbocycles. The third-order valence-corrected chi connectivity index (χ3v) is 4.88. The van der Waals surface area contributed by atoms with E-state index in [1.54, 1.807) is 12.1 Å².